The first-order valence-corrected chi connectivity index (χ1v) is 6.96. The molecule has 2 aromatic rings. The fourth-order valence-corrected chi connectivity index (χ4v) is 2.34. The first kappa shape index (κ1) is 14.1. The summed E-state index contributed by atoms with van der Waals surface area (Å²) in [5.41, 5.74) is 4.20. The van der Waals surface area contributed by atoms with Crippen LogP contribution in [0.4, 0.5) is 5.69 Å². The molecule has 1 aliphatic heterocycles. The SMILES string of the molecule is Cc1ccc(C=O)c(C=Cc2ccc3c(c2)NC(=O)CO3)c1. The molecule has 0 spiro atoms. The molecule has 4 heteroatoms. The van der Waals surface area contributed by atoms with Crippen molar-refractivity contribution >= 4 is 30.0 Å². The third-order valence-electron chi connectivity index (χ3n) is 3.46. The summed E-state index contributed by atoms with van der Waals surface area (Å²) in [6.07, 6.45) is 4.65. The number of rotatable bonds is 3. The van der Waals surface area contributed by atoms with E-state index in [2.05, 4.69) is 5.32 Å². The minimum Gasteiger partial charge on any atom is -0.482 e. The predicted octanol–water partition coefficient (Wildman–Crippen LogP) is 3.31. The number of benzene rings is 2. The lowest BCUT2D eigenvalue weighted by Crippen LogP contribution is -2.25. The van der Waals surface area contributed by atoms with Crippen molar-refractivity contribution in [3.05, 3.63) is 58.7 Å². The van der Waals surface area contributed by atoms with Gasteiger partial charge in [0, 0.05) is 5.56 Å². The van der Waals surface area contributed by atoms with E-state index in [0.717, 1.165) is 23.0 Å². The Morgan fingerprint density at radius 1 is 1.09 bits per heavy atom. The molecule has 22 heavy (non-hydrogen) atoms. The molecule has 0 fully saturated rings. The fourth-order valence-electron chi connectivity index (χ4n) is 2.34. The molecular weight excluding hydrogens is 278 g/mol. The molecule has 0 radical (unpaired) electrons. The lowest BCUT2D eigenvalue weighted by molar-refractivity contribution is -0.118. The largest absolute Gasteiger partial charge is 0.482 e. The maximum atomic E-state index is 11.3. The van der Waals surface area contributed by atoms with E-state index in [4.69, 9.17) is 4.74 Å². The number of ether oxygens (including phenoxy) is 1. The lowest BCUT2D eigenvalue weighted by atomic mass is 10.0. The number of carbonyl (C=O) groups is 2. The van der Waals surface area contributed by atoms with E-state index < -0.39 is 0 Å². The summed E-state index contributed by atoms with van der Waals surface area (Å²) in [5.74, 6) is 0.511. The lowest BCUT2D eigenvalue weighted by Gasteiger charge is -2.17. The number of aryl methyl sites for hydroxylation is 1. The van der Waals surface area contributed by atoms with Gasteiger partial charge in [0.15, 0.2) is 12.9 Å². The number of amides is 1. The van der Waals surface area contributed by atoms with E-state index in [1.165, 1.54) is 0 Å². The summed E-state index contributed by atoms with van der Waals surface area (Å²) in [7, 11) is 0. The zero-order chi connectivity index (χ0) is 15.5. The van der Waals surface area contributed by atoms with Gasteiger partial charge in [-0.15, -0.1) is 0 Å². The Labute approximate surface area is 128 Å². The summed E-state index contributed by atoms with van der Waals surface area (Å²) in [5, 5.41) is 2.78. The molecule has 0 aliphatic carbocycles. The highest BCUT2D eigenvalue weighted by molar-refractivity contribution is 5.96. The molecule has 0 unspecified atom stereocenters. The minimum atomic E-state index is -0.157. The second kappa shape index (κ2) is 5.85. The molecule has 1 amide bonds. The molecule has 0 aromatic heterocycles. The van der Waals surface area contributed by atoms with Crippen molar-refractivity contribution in [3.63, 3.8) is 0 Å². The summed E-state index contributed by atoms with van der Waals surface area (Å²) >= 11 is 0. The second-order valence-corrected chi connectivity index (χ2v) is 5.18. The highest BCUT2D eigenvalue weighted by atomic mass is 16.5. The average molecular weight is 293 g/mol. The van der Waals surface area contributed by atoms with E-state index in [9.17, 15) is 9.59 Å². The monoisotopic (exact) mass is 293 g/mol. The van der Waals surface area contributed by atoms with Gasteiger partial charge in [-0.3, -0.25) is 9.59 Å². The van der Waals surface area contributed by atoms with Gasteiger partial charge in [-0.2, -0.15) is 0 Å². The molecule has 0 atom stereocenters. The van der Waals surface area contributed by atoms with E-state index in [1.807, 2.05) is 55.5 Å². The van der Waals surface area contributed by atoms with E-state index in [0.29, 0.717) is 17.0 Å². The topological polar surface area (TPSA) is 55.4 Å². The number of aldehydes is 1. The number of nitrogens with one attached hydrogen (secondary N) is 1. The van der Waals surface area contributed by atoms with Crippen molar-refractivity contribution in [1.29, 1.82) is 0 Å². The van der Waals surface area contributed by atoms with Gasteiger partial charge >= 0.3 is 0 Å². The van der Waals surface area contributed by atoms with Crippen LogP contribution >= 0.6 is 0 Å². The number of fused-ring (bicyclic) bond motifs is 1. The third-order valence-corrected chi connectivity index (χ3v) is 3.46. The van der Waals surface area contributed by atoms with Crippen molar-refractivity contribution in [2.75, 3.05) is 11.9 Å². The Balaban J connectivity index is 1.90. The van der Waals surface area contributed by atoms with E-state index in [1.54, 1.807) is 0 Å². The van der Waals surface area contributed by atoms with Crippen LogP contribution in [0.2, 0.25) is 0 Å². The third kappa shape index (κ3) is 2.91. The molecule has 0 saturated carbocycles. The predicted molar refractivity (Wildman–Crippen MR) is 86.1 cm³/mol. The van der Waals surface area contributed by atoms with E-state index in [-0.39, 0.29) is 12.5 Å². The first-order valence-electron chi connectivity index (χ1n) is 6.96. The van der Waals surface area contributed by atoms with Crippen LogP contribution in [0, 0.1) is 6.92 Å². The fraction of sp³-hybridized carbons (Fsp3) is 0.111. The smallest absolute Gasteiger partial charge is 0.262 e. The van der Waals surface area contributed by atoms with Crippen LogP contribution in [0.1, 0.15) is 27.0 Å². The van der Waals surface area contributed by atoms with Gasteiger partial charge in [-0.25, -0.2) is 0 Å². The molecule has 0 bridgehead atoms. The van der Waals surface area contributed by atoms with Gasteiger partial charge in [-0.1, -0.05) is 42.0 Å². The van der Waals surface area contributed by atoms with Crippen LogP contribution in [0.3, 0.4) is 0 Å². The highest BCUT2D eigenvalue weighted by Crippen LogP contribution is 2.29. The van der Waals surface area contributed by atoms with Gasteiger partial charge in [0.2, 0.25) is 0 Å². The first-order chi connectivity index (χ1) is 10.7. The van der Waals surface area contributed by atoms with Crippen LogP contribution in [-0.4, -0.2) is 18.8 Å². The summed E-state index contributed by atoms with van der Waals surface area (Å²) in [6.45, 7) is 2.03. The summed E-state index contributed by atoms with van der Waals surface area (Å²) < 4.78 is 5.32. The van der Waals surface area contributed by atoms with Gasteiger partial charge in [0.05, 0.1) is 5.69 Å². The normalized spacial score (nSPS) is 13.4. The van der Waals surface area contributed by atoms with Crippen LogP contribution in [-0.2, 0) is 4.79 Å². The van der Waals surface area contributed by atoms with Crippen LogP contribution in [0.25, 0.3) is 12.2 Å². The van der Waals surface area contributed by atoms with Gasteiger partial charge in [0.1, 0.15) is 5.75 Å². The zero-order valence-electron chi connectivity index (χ0n) is 12.1. The second-order valence-electron chi connectivity index (χ2n) is 5.18. The Kier molecular flexibility index (Phi) is 3.74. The van der Waals surface area contributed by atoms with Crippen molar-refractivity contribution in [3.8, 4) is 5.75 Å². The number of hydrogen-bond donors (Lipinski definition) is 1. The van der Waals surface area contributed by atoms with Crippen molar-refractivity contribution in [2.45, 2.75) is 6.92 Å². The maximum absolute atomic E-state index is 11.3. The highest BCUT2D eigenvalue weighted by Gasteiger charge is 2.15. The van der Waals surface area contributed by atoms with Gasteiger partial charge < -0.3 is 10.1 Å². The quantitative estimate of drug-likeness (QED) is 0.697. The van der Waals surface area contributed by atoms with Gasteiger partial charge in [-0.05, 0) is 30.2 Å². The van der Waals surface area contributed by atoms with Crippen molar-refractivity contribution in [1.82, 2.24) is 0 Å². The molecule has 1 N–H and O–H groups in total. The van der Waals surface area contributed by atoms with Crippen molar-refractivity contribution < 1.29 is 14.3 Å². The summed E-state index contributed by atoms with van der Waals surface area (Å²) in [4.78, 5) is 22.4. The number of carbonyl (C=O) groups excluding carboxylic acids is 2. The summed E-state index contributed by atoms with van der Waals surface area (Å²) in [6, 6.07) is 11.3. The molecule has 1 heterocycles. The zero-order valence-corrected chi connectivity index (χ0v) is 12.1. The standard InChI is InChI=1S/C18H15NO3/c1-12-2-5-15(10-20)14(8-12)6-3-13-4-7-17-16(9-13)19-18(21)11-22-17/h2-10H,11H2,1H3,(H,19,21). The van der Waals surface area contributed by atoms with Gasteiger partial charge in [0.25, 0.3) is 5.91 Å². The Hall–Kier alpha value is -2.88. The molecule has 0 saturated heterocycles. The van der Waals surface area contributed by atoms with Crippen molar-refractivity contribution in [2.24, 2.45) is 0 Å². The number of hydrogen-bond acceptors (Lipinski definition) is 3. The number of anilines is 1. The molecule has 1 aliphatic rings. The molecular formula is C18H15NO3. The Morgan fingerprint density at radius 2 is 1.95 bits per heavy atom. The van der Waals surface area contributed by atoms with Crippen LogP contribution < -0.4 is 10.1 Å². The molecule has 110 valence electrons. The minimum absolute atomic E-state index is 0.0498. The Bertz CT molecular complexity index is 778. The Morgan fingerprint density at radius 3 is 2.77 bits per heavy atom. The molecule has 4 nitrogen and oxygen atoms in total. The molecule has 2 aromatic carbocycles. The van der Waals surface area contributed by atoms with E-state index >= 15 is 0 Å². The molecule has 3 rings (SSSR count). The maximum Gasteiger partial charge on any atom is 0.262 e. The van der Waals surface area contributed by atoms with Crippen LogP contribution in [0.5, 0.6) is 5.75 Å². The van der Waals surface area contributed by atoms with Crippen LogP contribution in [0.15, 0.2) is 36.4 Å². The average Bonchev–Trinajstić information content (AvgIpc) is 2.52.